The zero-order valence-electron chi connectivity index (χ0n) is 28.4. The van der Waals surface area contributed by atoms with E-state index in [2.05, 4.69) is 76.6 Å². The molecular weight excluding hydrogens is 699 g/mol. The van der Waals surface area contributed by atoms with E-state index in [4.69, 9.17) is 9.16 Å². The summed E-state index contributed by atoms with van der Waals surface area (Å²) in [5.74, 6) is 0.791. The fraction of sp³-hybridized carbons (Fsp3) is 0.600. The predicted octanol–water partition coefficient (Wildman–Crippen LogP) is 7.64. The molecule has 0 radical (unpaired) electrons. The van der Waals surface area contributed by atoms with E-state index in [-0.39, 0.29) is 47.6 Å². The van der Waals surface area contributed by atoms with Gasteiger partial charge >= 0.3 is 6.18 Å². The van der Waals surface area contributed by atoms with Crippen molar-refractivity contribution in [1.29, 1.82) is 0 Å². The highest BCUT2D eigenvalue weighted by Gasteiger charge is 2.44. The quantitative estimate of drug-likeness (QED) is 0.133. The Labute approximate surface area is 280 Å². The van der Waals surface area contributed by atoms with Crippen LogP contribution in [0.4, 0.5) is 30.5 Å². The molecule has 0 amide bonds. The molecule has 10 nitrogen and oxygen atoms in total. The van der Waals surface area contributed by atoms with E-state index in [0.717, 1.165) is 6.04 Å². The van der Waals surface area contributed by atoms with E-state index >= 15 is 0 Å². The Balaban J connectivity index is 1.79. The summed E-state index contributed by atoms with van der Waals surface area (Å²) in [6.45, 7) is 17.8. The first-order chi connectivity index (χ1) is 21.1. The number of aromatic nitrogens is 5. The molecule has 3 rings (SSSR count). The first kappa shape index (κ1) is 37.9. The second-order valence-corrected chi connectivity index (χ2v) is 25.4. The summed E-state index contributed by atoms with van der Waals surface area (Å²) in [6.07, 6.45) is -0.136. The van der Waals surface area contributed by atoms with E-state index in [9.17, 15) is 18.0 Å². The minimum atomic E-state index is -4.49. The number of rotatable bonds is 14. The molecular formula is C30H47BrF3N7O3Si2. The summed E-state index contributed by atoms with van der Waals surface area (Å²) in [5, 5.41) is 2.93. The van der Waals surface area contributed by atoms with Crippen LogP contribution >= 0.6 is 15.9 Å². The summed E-state index contributed by atoms with van der Waals surface area (Å²) >= 11 is 3.37. The van der Waals surface area contributed by atoms with Crippen LogP contribution in [-0.4, -0.2) is 73.2 Å². The lowest BCUT2D eigenvalue weighted by Gasteiger charge is -2.38. The van der Waals surface area contributed by atoms with Crippen LogP contribution in [0, 0.1) is 0 Å². The van der Waals surface area contributed by atoms with E-state index in [1.54, 1.807) is 24.0 Å². The second kappa shape index (κ2) is 14.7. The second-order valence-electron chi connectivity index (χ2n) is 14.1. The van der Waals surface area contributed by atoms with Gasteiger partial charge in [0.15, 0.2) is 14.1 Å². The summed E-state index contributed by atoms with van der Waals surface area (Å²) < 4.78 is 58.3. The topological polar surface area (TPSA) is 99.3 Å². The molecule has 0 saturated carbocycles. The van der Waals surface area contributed by atoms with Crippen LogP contribution in [-0.2, 0) is 22.9 Å². The molecule has 3 aromatic heterocycles. The van der Waals surface area contributed by atoms with Gasteiger partial charge in [0.2, 0.25) is 0 Å². The van der Waals surface area contributed by atoms with Gasteiger partial charge in [-0.1, -0.05) is 40.4 Å². The molecule has 3 heterocycles. The Hall–Kier alpha value is -2.54. The van der Waals surface area contributed by atoms with Gasteiger partial charge in [-0.05, 0) is 52.6 Å². The van der Waals surface area contributed by atoms with Crippen molar-refractivity contribution >= 4 is 49.6 Å². The van der Waals surface area contributed by atoms with Crippen molar-refractivity contribution in [3.05, 3.63) is 45.5 Å². The average Bonchev–Trinajstić information content (AvgIpc) is 3.21. The Morgan fingerprint density at radius 2 is 1.76 bits per heavy atom. The normalized spacial score (nSPS) is 13.6. The molecule has 0 aromatic carbocycles. The molecule has 1 N–H and O–H groups in total. The number of hydrogen-bond donors (Lipinski definition) is 1. The summed E-state index contributed by atoms with van der Waals surface area (Å²) in [4.78, 5) is 27.3. The van der Waals surface area contributed by atoms with Crippen molar-refractivity contribution in [3.8, 4) is 11.4 Å². The number of ether oxygens (including phenoxy) is 1. The maximum absolute atomic E-state index is 14.3. The zero-order valence-corrected chi connectivity index (χ0v) is 32.0. The first-order valence-electron chi connectivity index (χ1n) is 15.1. The fourth-order valence-electron chi connectivity index (χ4n) is 4.24. The molecule has 1 atom stereocenters. The number of nitrogens with one attached hydrogen (secondary N) is 1. The van der Waals surface area contributed by atoms with Crippen molar-refractivity contribution in [2.45, 2.75) is 90.0 Å². The number of halogens is 4. The lowest BCUT2D eigenvalue weighted by atomic mass is 10.1. The monoisotopic (exact) mass is 745 g/mol. The number of anilines is 3. The lowest BCUT2D eigenvalue weighted by Crippen LogP contribution is -2.46. The third-order valence-electron chi connectivity index (χ3n) is 8.28. The highest BCUT2D eigenvalue weighted by atomic mass is 79.9. The molecule has 16 heteroatoms. The summed E-state index contributed by atoms with van der Waals surface area (Å²) in [6, 6.07) is 2.34. The fourth-order valence-corrected chi connectivity index (χ4v) is 6.55. The van der Waals surface area contributed by atoms with Crippen LogP contribution in [0.5, 0.6) is 0 Å². The molecule has 0 fully saturated rings. The van der Waals surface area contributed by atoms with Gasteiger partial charge in [-0.25, -0.2) is 15.0 Å². The first-order valence-corrected chi connectivity index (χ1v) is 22.6. The smallest absolute Gasteiger partial charge is 0.408 e. The number of pyridine rings is 1. The summed E-state index contributed by atoms with van der Waals surface area (Å²) in [5.41, 5.74) is 0.297. The van der Waals surface area contributed by atoms with Crippen LogP contribution in [0.3, 0.4) is 0 Å². The van der Waals surface area contributed by atoms with Crippen molar-refractivity contribution in [3.63, 3.8) is 0 Å². The number of nitrogens with zero attached hydrogens (tertiary/aromatic N) is 6. The third kappa shape index (κ3) is 9.98. The predicted molar refractivity (Wildman–Crippen MR) is 186 cm³/mol. The Morgan fingerprint density at radius 3 is 2.37 bits per heavy atom. The van der Waals surface area contributed by atoms with Gasteiger partial charge in [-0.3, -0.25) is 14.2 Å². The maximum Gasteiger partial charge on any atom is 0.408 e. The minimum absolute atomic E-state index is 0.00564. The van der Waals surface area contributed by atoms with Crippen molar-refractivity contribution in [1.82, 2.24) is 24.3 Å². The zero-order chi connectivity index (χ0) is 34.7. The Kier molecular flexibility index (Phi) is 12.1. The molecule has 0 aliphatic heterocycles. The lowest BCUT2D eigenvalue weighted by molar-refractivity contribution is -0.150. The van der Waals surface area contributed by atoms with Crippen LogP contribution in [0.2, 0.25) is 43.8 Å². The SMILES string of the molecule is CN(c1cc(Nc2ccnc(-c3cn(COCC[Si](C)(C)C)n(C)c3=O)n2)ncc1Br)C(CCO[Si](C)(C)C(C)(C)C)C(F)(F)F. The van der Waals surface area contributed by atoms with Crippen LogP contribution < -0.4 is 15.8 Å². The molecule has 1 unspecified atom stereocenters. The van der Waals surface area contributed by atoms with Crippen LogP contribution in [0.15, 0.2) is 40.0 Å². The van der Waals surface area contributed by atoms with Crippen LogP contribution in [0.1, 0.15) is 27.2 Å². The maximum atomic E-state index is 14.3. The van der Waals surface area contributed by atoms with Gasteiger partial charge in [-0.2, -0.15) is 13.2 Å². The molecule has 46 heavy (non-hydrogen) atoms. The van der Waals surface area contributed by atoms with E-state index < -0.39 is 28.6 Å². The third-order valence-corrected chi connectivity index (χ3v) is 15.1. The van der Waals surface area contributed by atoms with E-state index in [1.807, 2.05) is 13.1 Å². The molecule has 0 saturated heterocycles. The number of alkyl halides is 3. The van der Waals surface area contributed by atoms with Crippen molar-refractivity contribution in [2.75, 3.05) is 30.5 Å². The summed E-state index contributed by atoms with van der Waals surface area (Å²) in [7, 11) is -0.401. The van der Waals surface area contributed by atoms with Crippen LogP contribution in [0.25, 0.3) is 11.4 Å². The molecule has 0 spiro atoms. The van der Waals surface area contributed by atoms with Crippen molar-refractivity contribution in [2.24, 2.45) is 7.05 Å². The van der Waals surface area contributed by atoms with Crippen molar-refractivity contribution < 1.29 is 22.3 Å². The largest absolute Gasteiger partial charge is 0.417 e. The van der Waals surface area contributed by atoms with E-state index in [1.165, 1.54) is 35.1 Å². The van der Waals surface area contributed by atoms with Gasteiger partial charge in [0.1, 0.15) is 30.0 Å². The Morgan fingerprint density at radius 1 is 1.09 bits per heavy atom. The van der Waals surface area contributed by atoms with Gasteiger partial charge in [0, 0.05) is 60.0 Å². The van der Waals surface area contributed by atoms with Gasteiger partial charge < -0.3 is 19.4 Å². The highest BCUT2D eigenvalue weighted by Crippen LogP contribution is 2.38. The molecule has 0 bridgehead atoms. The number of hydrogen-bond acceptors (Lipinski definition) is 8. The Bertz CT molecular complexity index is 1540. The molecule has 0 aliphatic carbocycles. The van der Waals surface area contributed by atoms with Gasteiger partial charge in [-0.15, -0.1) is 0 Å². The molecule has 256 valence electrons. The van der Waals surface area contributed by atoms with Gasteiger partial charge in [0.25, 0.3) is 5.56 Å². The highest BCUT2D eigenvalue weighted by molar-refractivity contribution is 9.10. The minimum Gasteiger partial charge on any atom is -0.417 e. The average molecular weight is 747 g/mol. The van der Waals surface area contributed by atoms with E-state index in [0.29, 0.717) is 22.6 Å². The van der Waals surface area contributed by atoms with Gasteiger partial charge in [0.05, 0.1) is 10.2 Å². The molecule has 3 aromatic rings. The standard InChI is InChI=1S/C30H47BrF3N7O3Si2/c1-29(2,3)46(9,10)44-14-12-24(30(32,33)34)39(4)23-17-26(36-18-22(23)31)37-25-11-13-35-27(38-25)21-19-41(40(5)28(21)42)20-43-15-16-45(6,7)8/h11,13,17-19,24H,12,14-16,20H2,1-10H3,(H,35,36,37,38). The molecule has 0 aliphatic rings.